The molecule has 1 fully saturated rings. The van der Waals surface area contributed by atoms with Crippen LogP contribution >= 0.6 is 11.6 Å². The zero-order chi connectivity index (χ0) is 29.7. The molecule has 1 aliphatic carbocycles. The number of fused-ring (bicyclic) bond motifs is 1. The fourth-order valence-electron chi connectivity index (χ4n) is 4.81. The van der Waals surface area contributed by atoms with Crippen molar-refractivity contribution in [2.75, 3.05) is 12.5 Å². The smallest absolute Gasteiger partial charge is 0.348 e. The largest absolute Gasteiger partial charge is 0.462 e. The summed E-state index contributed by atoms with van der Waals surface area (Å²) in [6.07, 6.45) is -2.99. The predicted molar refractivity (Wildman–Crippen MR) is 138 cm³/mol. The van der Waals surface area contributed by atoms with Crippen LogP contribution in [-0.2, 0) is 42.9 Å². The van der Waals surface area contributed by atoms with Crippen LogP contribution in [0.2, 0.25) is 0 Å². The van der Waals surface area contributed by atoms with Crippen LogP contribution in [0.25, 0.3) is 0 Å². The van der Waals surface area contributed by atoms with Gasteiger partial charge >= 0.3 is 23.9 Å². The summed E-state index contributed by atoms with van der Waals surface area (Å²) in [7, 11) is 0. The second-order valence-electron chi connectivity index (χ2n) is 11.4. The van der Waals surface area contributed by atoms with E-state index in [4.69, 9.17) is 35.3 Å². The Hall–Kier alpha value is -2.37. The van der Waals surface area contributed by atoms with Crippen LogP contribution in [0.15, 0.2) is 11.8 Å². The van der Waals surface area contributed by atoms with Gasteiger partial charge in [0.2, 0.25) is 6.10 Å². The molecule has 0 bridgehead atoms. The summed E-state index contributed by atoms with van der Waals surface area (Å²) in [6, 6.07) is 0. The van der Waals surface area contributed by atoms with Crippen LogP contribution < -0.4 is 0 Å². The Balaban J connectivity index is 2.33. The number of halogens is 1. The van der Waals surface area contributed by atoms with Crippen molar-refractivity contribution in [1.29, 1.82) is 0 Å². The summed E-state index contributed by atoms with van der Waals surface area (Å²) in [4.78, 5) is 49.3. The minimum absolute atomic E-state index is 0.0196. The number of esters is 4. The third kappa shape index (κ3) is 7.85. The van der Waals surface area contributed by atoms with Gasteiger partial charge in [-0.3, -0.25) is 14.4 Å². The molecule has 6 atom stereocenters. The van der Waals surface area contributed by atoms with Crippen LogP contribution in [0.4, 0.5) is 0 Å². The molecule has 222 valence electrons. The van der Waals surface area contributed by atoms with Gasteiger partial charge in [-0.05, 0) is 11.8 Å². The number of alkyl halides is 1. The first kappa shape index (κ1) is 32.8. The van der Waals surface area contributed by atoms with E-state index in [-0.39, 0.29) is 36.7 Å². The van der Waals surface area contributed by atoms with Gasteiger partial charge in [-0.25, -0.2) is 4.79 Å². The minimum atomic E-state index is -2.05. The highest BCUT2D eigenvalue weighted by Gasteiger charge is 2.69. The molecule has 0 aromatic heterocycles. The average molecular weight is 577 g/mol. The van der Waals surface area contributed by atoms with Crippen LogP contribution in [-0.4, -0.2) is 76.3 Å². The van der Waals surface area contributed by atoms with E-state index in [1.165, 1.54) is 0 Å². The first-order valence-electron chi connectivity index (χ1n) is 13.1. The molecule has 2 rings (SSSR count). The molecule has 0 amide bonds. The van der Waals surface area contributed by atoms with Crippen molar-refractivity contribution in [3.63, 3.8) is 0 Å². The van der Waals surface area contributed by atoms with Crippen molar-refractivity contribution in [2.45, 2.75) is 97.4 Å². The molecule has 1 heterocycles. The van der Waals surface area contributed by atoms with Crippen molar-refractivity contribution in [3.05, 3.63) is 11.8 Å². The topological polar surface area (TPSA) is 155 Å². The first-order valence-corrected chi connectivity index (χ1v) is 13.7. The Morgan fingerprint density at radius 1 is 1.03 bits per heavy atom. The van der Waals surface area contributed by atoms with Gasteiger partial charge in [0.05, 0.1) is 18.1 Å². The third-order valence-corrected chi connectivity index (χ3v) is 7.09. The number of carbonyl (C=O) groups is 4. The summed E-state index contributed by atoms with van der Waals surface area (Å²) in [5.41, 5.74) is -4.03. The Labute approximate surface area is 234 Å². The summed E-state index contributed by atoms with van der Waals surface area (Å²) < 4.78 is 27.1. The predicted octanol–water partition coefficient (Wildman–Crippen LogP) is 2.63. The number of rotatable bonds is 12. The highest BCUT2D eigenvalue weighted by molar-refractivity contribution is 6.18. The molecular weight excluding hydrogens is 536 g/mol. The Kier molecular flexibility index (Phi) is 11.2. The average Bonchev–Trinajstić information content (AvgIpc) is 3.02. The van der Waals surface area contributed by atoms with E-state index < -0.39 is 77.9 Å². The van der Waals surface area contributed by atoms with E-state index in [0.29, 0.717) is 0 Å². The van der Waals surface area contributed by atoms with Crippen LogP contribution in [0.3, 0.4) is 0 Å². The van der Waals surface area contributed by atoms with Crippen molar-refractivity contribution in [3.8, 4) is 0 Å². The molecule has 11 nitrogen and oxygen atoms in total. The zero-order valence-corrected chi connectivity index (χ0v) is 24.4. The van der Waals surface area contributed by atoms with E-state index in [9.17, 15) is 29.4 Å². The lowest BCUT2D eigenvalue weighted by atomic mass is 9.77. The molecule has 2 aliphatic rings. The first-order chi connectivity index (χ1) is 18.0. The molecule has 0 radical (unpaired) electrons. The van der Waals surface area contributed by atoms with Crippen molar-refractivity contribution in [2.24, 2.45) is 23.7 Å². The summed E-state index contributed by atoms with van der Waals surface area (Å²) >= 11 is 6.13. The van der Waals surface area contributed by atoms with E-state index in [0.717, 1.165) is 13.2 Å². The maximum absolute atomic E-state index is 12.9. The van der Waals surface area contributed by atoms with Gasteiger partial charge in [-0.2, -0.15) is 0 Å². The van der Waals surface area contributed by atoms with Gasteiger partial charge in [0.1, 0.15) is 23.9 Å². The fourth-order valence-corrected chi connectivity index (χ4v) is 5.15. The molecule has 0 aromatic rings. The molecule has 39 heavy (non-hydrogen) atoms. The molecule has 1 saturated carbocycles. The zero-order valence-electron chi connectivity index (χ0n) is 23.6. The van der Waals surface area contributed by atoms with Crippen LogP contribution in [0.5, 0.6) is 0 Å². The van der Waals surface area contributed by atoms with Crippen molar-refractivity contribution in [1.82, 2.24) is 0 Å². The molecule has 1 aliphatic heterocycles. The lowest BCUT2D eigenvalue weighted by Gasteiger charge is -2.43. The lowest BCUT2D eigenvalue weighted by molar-refractivity contribution is -0.228. The quantitative estimate of drug-likeness (QED) is 0.200. The number of hydrogen-bond donors (Lipinski definition) is 2. The molecular formula is C27H41ClO11. The van der Waals surface area contributed by atoms with Crippen molar-refractivity contribution >= 4 is 35.5 Å². The van der Waals surface area contributed by atoms with Gasteiger partial charge < -0.3 is 33.9 Å². The number of aliphatic hydroxyl groups is 2. The maximum atomic E-state index is 12.9. The Morgan fingerprint density at radius 2 is 1.62 bits per heavy atom. The van der Waals surface area contributed by atoms with Gasteiger partial charge in [-0.15, -0.1) is 11.6 Å². The molecule has 0 saturated heterocycles. The lowest BCUT2D eigenvalue weighted by Crippen LogP contribution is -2.58. The number of carbonyl (C=O) groups excluding carboxylic acids is 4. The second kappa shape index (κ2) is 13.3. The van der Waals surface area contributed by atoms with E-state index in [1.807, 2.05) is 27.7 Å². The summed E-state index contributed by atoms with van der Waals surface area (Å²) in [6.45, 7) is 11.3. The van der Waals surface area contributed by atoms with E-state index in [1.54, 1.807) is 13.8 Å². The molecule has 12 heteroatoms. The SMILES string of the molecule is CC(=O)OC1CC2(O)C(COC(=O)C(OC(=O)CC(C)C)C(C)C)=COC(OC(=O)CC(C)C)C2C1(O)CCl. The Bertz CT molecular complexity index is 946. The molecule has 2 N–H and O–H groups in total. The highest BCUT2D eigenvalue weighted by atomic mass is 35.5. The second-order valence-corrected chi connectivity index (χ2v) is 11.7. The minimum Gasteiger partial charge on any atom is -0.462 e. The fraction of sp³-hybridized carbons (Fsp3) is 0.778. The molecule has 6 unspecified atom stereocenters. The van der Waals surface area contributed by atoms with Gasteiger partial charge in [0.15, 0.2) is 0 Å². The third-order valence-electron chi connectivity index (χ3n) is 6.67. The molecule has 0 spiro atoms. The van der Waals surface area contributed by atoms with Gasteiger partial charge in [0.25, 0.3) is 6.29 Å². The molecule has 0 aromatic carbocycles. The maximum Gasteiger partial charge on any atom is 0.348 e. The standard InChI is InChI=1S/C27H41ClO11/c1-14(2)8-20(30)38-22(16(5)6)24(32)35-11-18-12-36-25(39-21(31)9-15(3)4)23-26(18,33)10-19(37-17(7)29)27(23,34)13-28/h12,14-16,19,22-23,25,33-34H,8-11,13H2,1-7H3. The highest BCUT2D eigenvalue weighted by Crippen LogP contribution is 2.53. The number of ether oxygens (including phenoxy) is 5. The van der Waals surface area contributed by atoms with Crippen molar-refractivity contribution < 1.29 is 53.1 Å². The van der Waals surface area contributed by atoms with Crippen LogP contribution in [0.1, 0.15) is 67.7 Å². The monoisotopic (exact) mass is 576 g/mol. The Morgan fingerprint density at radius 3 is 2.13 bits per heavy atom. The van der Waals surface area contributed by atoms with Crippen LogP contribution in [0, 0.1) is 23.7 Å². The normalized spacial score (nSPS) is 28.8. The number of hydrogen-bond acceptors (Lipinski definition) is 11. The van der Waals surface area contributed by atoms with Gasteiger partial charge in [0, 0.05) is 37.7 Å². The van der Waals surface area contributed by atoms with E-state index in [2.05, 4.69) is 0 Å². The summed E-state index contributed by atoms with van der Waals surface area (Å²) in [5.74, 6) is -5.00. The van der Waals surface area contributed by atoms with Gasteiger partial charge in [-0.1, -0.05) is 41.5 Å². The summed E-state index contributed by atoms with van der Waals surface area (Å²) in [5, 5.41) is 23.4. The van der Waals surface area contributed by atoms with E-state index >= 15 is 0 Å².